The van der Waals surface area contributed by atoms with Crippen LogP contribution in [0.5, 0.6) is 5.75 Å². The van der Waals surface area contributed by atoms with Gasteiger partial charge in [-0.1, -0.05) is 111 Å². The molecular weight excluding hydrogens is 1170 g/mol. The van der Waals surface area contributed by atoms with Crippen molar-refractivity contribution in [3.05, 3.63) is 114 Å². The second-order valence-corrected chi connectivity index (χ2v) is 25.5. The first-order valence-electron chi connectivity index (χ1n) is 26.5. The number of hydrogen-bond acceptors (Lipinski definition) is 20. The van der Waals surface area contributed by atoms with Crippen LogP contribution in [0, 0.1) is 5.41 Å². The molecule has 1 fully saturated rings. The lowest BCUT2D eigenvalue weighted by atomic mass is 9.87. The Hall–Kier alpha value is -5.51. The Morgan fingerprint density at radius 2 is 1.47 bits per heavy atom. The lowest BCUT2D eigenvalue weighted by molar-refractivity contribution is -0.137. The van der Waals surface area contributed by atoms with Gasteiger partial charge in [0.25, 0.3) is 0 Å². The van der Waals surface area contributed by atoms with E-state index in [0.717, 1.165) is 72.2 Å². The predicted molar refractivity (Wildman–Crippen MR) is 302 cm³/mol. The van der Waals surface area contributed by atoms with Gasteiger partial charge in [0.2, 0.25) is 17.7 Å². The maximum atomic E-state index is 13.1. The van der Waals surface area contributed by atoms with E-state index in [1.165, 1.54) is 19.4 Å². The molecule has 8 atom stereocenters. The van der Waals surface area contributed by atoms with Crippen molar-refractivity contribution < 1.29 is 90.0 Å². The first-order valence-corrected chi connectivity index (χ1v) is 32.0. The molecule has 8 unspecified atom stereocenters. The quantitative estimate of drug-likeness (QED) is 0.0189. The SMILES string of the molecule is CC(C)(COP(=O)(O)OP(=O)(O)OCC1OC(n2cnc3c(N)ncnc32)C(O)C1OP(=O)(O)O)C(O)C(=O)NCCC(=O)NCCSC(=O)CCC(Cc1ccc(OCc2ccccc2)cc1)NC(=O)CCCCCCc1ccccc1. The van der Waals surface area contributed by atoms with E-state index < -0.39 is 84.6 Å². The van der Waals surface area contributed by atoms with E-state index >= 15 is 0 Å². The molecule has 11 N–H and O–H groups in total. The molecule has 0 bridgehead atoms. The summed E-state index contributed by atoms with van der Waals surface area (Å²) < 4.78 is 68.8. The van der Waals surface area contributed by atoms with Crippen LogP contribution < -0.4 is 26.4 Å². The Balaban J connectivity index is 0.879. The Morgan fingerprint density at radius 3 is 2.17 bits per heavy atom. The normalized spacial score (nSPS) is 18.6. The molecule has 3 aromatic carbocycles. The molecule has 0 saturated carbocycles. The number of nitrogens with two attached hydrogens (primary N) is 1. The number of amides is 3. The summed E-state index contributed by atoms with van der Waals surface area (Å²) in [6.45, 7) is 0.729. The number of benzene rings is 3. The number of aryl methyl sites for hydroxylation is 1. The highest BCUT2D eigenvalue weighted by molar-refractivity contribution is 8.13. The van der Waals surface area contributed by atoms with Crippen LogP contribution in [0.2, 0.25) is 0 Å². The van der Waals surface area contributed by atoms with Gasteiger partial charge >= 0.3 is 23.5 Å². The number of phosphoric acid groups is 3. The molecule has 6 rings (SSSR count). The first kappa shape index (κ1) is 66.6. The maximum Gasteiger partial charge on any atom is 0.481 e. The number of aliphatic hydroxyl groups is 2. The number of nitrogens with zero attached hydrogens (tertiary/aromatic N) is 4. The zero-order valence-electron chi connectivity index (χ0n) is 45.6. The summed E-state index contributed by atoms with van der Waals surface area (Å²) in [5.41, 5.74) is 7.54. The number of unbranched alkanes of at least 4 members (excludes halogenated alkanes) is 3. The van der Waals surface area contributed by atoms with Crippen LogP contribution in [-0.4, -0.2) is 135 Å². The number of aromatic nitrogens is 4. The van der Waals surface area contributed by atoms with E-state index in [1.807, 2.05) is 72.8 Å². The molecule has 0 aliphatic carbocycles. The van der Waals surface area contributed by atoms with Crippen LogP contribution in [-0.2, 0) is 74.9 Å². The van der Waals surface area contributed by atoms with Gasteiger partial charge in [-0.3, -0.25) is 37.3 Å². The van der Waals surface area contributed by atoms with Gasteiger partial charge in [-0.05, 0) is 60.9 Å². The topological polar surface area (TPSA) is 402 Å². The number of thioether (sulfide) groups is 1. The molecule has 83 heavy (non-hydrogen) atoms. The largest absolute Gasteiger partial charge is 0.489 e. The molecule has 27 nitrogen and oxygen atoms in total. The smallest absolute Gasteiger partial charge is 0.481 e. The number of carbonyl (C=O) groups is 4. The van der Waals surface area contributed by atoms with Crippen LogP contribution in [0.15, 0.2) is 97.6 Å². The number of carbonyl (C=O) groups excluding carboxylic acids is 4. The van der Waals surface area contributed by atoms with Crippen molar-refractivity contribution in [3.8, 4) is 5.75 Å². The zero-order chi connectivity index (χ0) is 60.2. The van der Waals surface area contributed by atoms with Crippen molar-refractivity contribution in [3.63, 3.8) is 0 Å². The number of nitrogen functional groups attached to an aromatic ring is 1. The van der Waals surface area contributed by atoms with E-state index in [9.17, 15) is 62.7 Å². The number of hydrogen-bond donors (Lipinski definition) is 10. The van der Waals surface area contributed by atoms with E-state index in [4.69, 9.17) is 24.3 Å². The minimum Gasteiger partial charge on any atom is -0.489 e. The van der Waals surface area contributed by atoms with Crippen LogP contribution >= 0.6 is 35.2 Å². The van der Waals surface area contributed by atoms with Crippen LogP contribution in [0.1, 0.15) is 88.1 Å². The molecule has 2 aromatic heterocycles. The molecule has 1 saturated heterocycles. The fourth-order valence-corrected chi connectivity index (χ4v) is 12.1. The summed E-state index contributed by atoms with van der Waals surface area (Å²) in [4.78, 5) is 103. The zero-order valence-corrected chi connectivity index (χ0v) is 49.1. The lowest BCUT2D eigenvalue weighted by Gasteiger charge is -2.30. The average Bonchev–Trinajstić information content (AvgIpc) is 4.09. The highest BCUT2D eigenvalue weighted by Crippen LogP contribution is 2.61. The monoisotopic (exact) mass is 1240 g/mol. The summed E-state index contributed by atoms with van der Waals surface area (Å²) in [7, 11) is -16.5. The molecule has 0 radical (unpaired) electrons. The van der Waals surface area contributed by atoms with Crippen LogP contribution in [0.3, 0.4) is 0 Å². The van der Waals surface area contributed by atoms with E-state index in [1.54, 1.807) is 0 Å². The van der Waals surface area contributed by atoms with Gasteiger partial charge in [0.1, 0.15) is 48.6 Å². The number of nitrogens with one attached hydrogen (secondary N) is 3. The van der Waals surface area contributed by atoms with E-state index in [-0.39, 0.29) is 65.7 Å². The number of anilines is 1. The molecule has 3 heterocycles. The van der Waals surface area contributed by atoms with Gasteiger partial charge < -0.3 is 60.9 Å². The Kier molecular flexibility index (Phi) is 25.3. The summed E-state index contributed by atoms with van der Waals surface area (Å²) in [6.07, 6.45) is -0.932. The van der Waals surface area contributed by atoms with Crippen LogP contribution in [0.25, 0.3) is 11.2 Å². The van der Waals surface area contributed by atoms with Gasteiger partial charge in [0, 0.05) is 49.6 Å². The lowest BCUT2D eigenvalue weighted by Crippen LogP contribution is -2.46. The highest BCUT2D eigenvalue weighted by Gasteiger charge is 2.50. The third-order valence-corrected chi connectivity index (χ3v) is 17.0. The number of aliphatic hydroxyl groups excluding tert-OH is 2. The Bertz CT molecular complexity index is 3050. The summed E-state index contributed by atoms with van der Waals surface area (Å²) >= 11 is 1.03. The third kappa shape index (κ3) is 22.5. The van der Waals surface area contributed by atoms with Crippen LogP contribution in [0.4, 0.5) is 5.82 Å². The first-order chi connectivity index (χ1) is 39.4. The molecule has 0 spiro atoms. The maximum absolute atomic E-state index is 13.1. The number of imidazole rings is 1. The summed E-state index contributed by atoms with van der Waals surface area (Å²) in [5, 5.41) is 29.8. The van der Waals surface area contributed by atoms with Crippen molar-refractivity contribution in [1.29, 1.82) is 0 Å². The summed E-state index contributed by atoms with van der Waals surface area (Å²) in [6, 6.07) is 27.4. The molecule has 454 valence electrons. The van der Waals surface area contributed by atoms with Crippen molar-refractivity contribution in [2.75, 3.05) is 37.8 Å². The van der Waals surface area contributed by atoms with Gasteiger partial charge in [-0.15, -0.1) is 0 Å². The van der Waals surface area contributed by atoms with Crippen molar-refractivity contribution in [2.24, 2.45) is 5.41 Å². The number of ether oxygens (including phenoxy) is 2. The molecule has 5 aromatic rings. The second-order valence-electron chi connectivity index (χ2n) is 20.1. The second kappa shape index (κ2) is 31.6. The predicted octanol–water partition coefficient (Wildman–Crippen LogP) is 4.94. The molecule has 1 aliphatic rings. The molecule has 1 aliphatic heterocycles. The Labute approximate surface area is 483 Å². The molecule has 31 heteroatoms. The summed E-state index contributed by atoms with van der Waals surface area (Å²) in [5.74, 6) is -0.658. The van der Waals surface area contributed by atoms with Gasteiger partial charge in [0.15, 0.2) is 22.8 Å². The third-order valence-electron chi connectivity index (χ3n) is 12.9. The number of phosphoric ester groups is 3. The van der Waals surface area contributed by atoms with E-state index in [0.29, 0.717) is 31.6 Å². The fourth-order valence-electron chi connectivity index (χ4n) is 8.54. The van der Waals surface area contributed by atoms with Gasteiger partial charge in [-0.25, -0.2) is 28.6 Å². The minimum atomic E-state index is -5.62. The highest BCUT2D eigenvalue weighted by atomic mass is 32.2. The molecule has 3 amide bonds. The standard InChI is InChI=1S/C52H71N8O19P3S/c1-52(2,32-76-82(72,73)79-81(70,71)75-31-40-46(78-80(67,68)69)45(64)51(77-40)60-34-58-44-48(53)56-33-57-49(44)60)47(65)50(66)55-26-25-41(61)54-27-28-83-43(63)24-21-38(59-42(62)18-12-4-3-7-13-35-14-8-5-9-15-35)29-36-19-22-39(23-20-36)74-30-37-16-10-6-11-17-37/h5-6,8-11,14-17,19-20,22-23,33-34,38,40,45-47,51,64-65H,3-4,7,12-13,18,21,24-32H2,1-2H3,(H,54,61)(H,55,66)(H,59,62)(H,70,71)(H,72,73)(H2,53,56,57)(H2,67,68,69). The minimum absolute atomic E-state index is 0.0213. The van der Waals surface area contributed by atoms with Crippen molar-refractivity contribution in [1.82, 2.24) is 35.5 Å². The fraction of sp³-hybridized carbons (Fsp3) is 0.481. The Morgan fingerprint density at radius 1 is 0.795 bits per heavy atom. The van der Waals surface area contributed by atoms with Crippen molar-refractivity contribution >= 4 is 75.0 Å². The molecular formula is C52H71N8O19P3S. The van der Waals surface area contributed by atoms with E-state index in [2.05, 4.69) is 51.9 Å². The van der Waals surface area contributed by atoms with Gasteiger partial charge in [0.05, 0.1) is 19.5 Å². The van der Waals surface area contributed by atoms with Crippen molar-refractivity contribution in [2.45, 2.75) is 121 Å². The number of fused-ring (bicyclic) bond motifs is 1. The average molecular weight is 1240 g/mol. The van der Waals surface area contributed by atoms with Gasteiger partial charge in [-0.2, -0.15) is 4.31 Å². The number of rotatable bonds is 35.